The largest absolute Gasteiger partial charge is 0.488 e. The number of carboxylic acid groups (broad SMARTS) is 1. The Hall–Kier alpha value is -4.11. The predicted molar refractivity (Wildman–Crippen MR) is 155 cm³/mol. The third-order valence-electron chi connectivity index (χ3n) is 8.21. The molecule has 0 spiro atoms. The van der Waals surface area contributed by atoms with Gasteiger partial charge in [-0.05, 0) is 54.7 Å². The number of carboxylic acids is 1. The van der Waals surface area contributed by atoms with Crippen molar-refractivity contribution in [2.75, 3.05) is 37.6 Å². The van der Waals surface area contributed by atoms with E-state index in [-0.39, 0.29) is 11.2 Å². The first-order valence-electron chi connectivity index (χ1n) is 13.6. The number of nitrogens with zero attached hydrogens (tertiary/aromatic N) is 4. The smallest absolute Gasteiger partial charge is 0.332 e. The van der Waals surface area contributed by atoms with E-state index in [0.717, 1.165) is 77.3 Å². The molecule has 1 aromatic heterocycles. The van der Waals surface area contributed by atoms with Gasteiger partial charge in [0.25, 0.3) is 5.56 Å². The SMILES string of the molecule is Cn1c(N2CCN(CC/C=C3/c4ccccc4COc4ccc(C(C)(C)C(=O)O)cc43)CC2)cc(=O)n(C)c1=O. The molecular formula is C31H36N4O5. The normalized spacial score (nSPS) is 16.7. The first-order chi connectivity index (χ1) is 19.1. The molecular weight excluding hydrogens is 508 g/mol. The first kappa shape index (κ1) is 27.5. The van der Waals surface area contributed by atoms with Gasteiger partial charge in [0, 0.05) is 58.4 Å². The number of aromatic nitrogens is 2. The van der Waals surface area contributed by atoms with Crippen molar-refractivity contribution in [3.8, 4) is 5.75 Å². The summed E-state index contributed by atoms with van der Waals surface area (Å²) in [6, 6.07) is 15.4. The van der Waals surface area contributed by atoms with Crippen molar-refractivity contribution in [1.29, 1.82) is 0 Å². The Kier molecular flexibility index (Phi) is 7.42. The molecule has 9 nitrogen and oxygen atoms in total. The van der Waals surface area contributed by atoms with Gasteiger partial charge in [0.05, 0.1) is 5.41 Å². The fraction of sp³-hybridized carbons (Fsp3) is 0.387. The van der Waals surface area contributed by atoms with Crippen LogP contribution in [0.25, 0.3) is 5.57 Å². The molecule has 1 saturated heterocycles. The van der Waals surface area contributed by atoms with Crippen LogP contribution in [0.4, 0.5) is 5.82 Å². The maximum atomic E-state index is 12.4. The fourth-order valence-corrected chi connectivity index (χ4v) is 5.42. The van der Waals surface area contributed by atoms with Gasteiger partial charge in [0.1, 0.15) is 18.2 Å². The monoisotopic (exact) mass is 544 g/mol. The Morgan fingerprint density at radius 3 is 2.42 bits per heavy atom. The molecule has 2 aliphatic rings. The molecule has 0 amide bonds. The molecule has 2 aromatic carbocycles. The van der Waals surface area contributed by atoms with E-state index in [2.05, 4.69) is 28.0 Å². The van der Waals surface area contributed by atoms with E-state index in [1.54, 1.807) is 20.9 Å². The molecule has 210 valence electrons. The van der Waals surface area contributed by atoms with Gasteiger partial charge in [0.15, 0.2) is 0 Å². The van der Waals surface area contributed by atoms with E-state index in [9.17, 15) is 19.5 Å². The molecule has 2 aliphatic heterocycles. The summed E-state index contributed by atoms with van der Waals surface area (Å²) in [6.07, 6.45) is 3.04. The highest BCUT2D eigenvalue weighted by Crippen LogP contribution is 2.39. The average Bonchev–Trinajstić information content (AvgIpc) is 3.11. The minimum absolute atomic E-state index is 0.296. The zero-order valence-electron chi connectivity index (χ0n) is 23.5. The zero-order chi connectivity index (χ0) is 28.6. The van der Waals surface area contributed by atoms with Crippen molar-refractivity contribution in [3.05, 3.63) is 97.7 Å². The van der Waals surface area contributed by atoms with Crippen LogP contribution >= 0.6 is 0 Å². The molecule has 3 aromatic rings. The first-order valence-corrected chi connectivity index (χ1v) is 13.6. The molecule has 3 heterocycles. The van der Waals surface area contributed by atoms with Gasteiger partial charge in [-0.1, -0.05) is 36.4 Å². The van der Waals surface area contributed by atoms with Crippen LogP contribution in [0.2, 0.25) is 0 Å². The third kappa shape index (κ3) is 5.09. The van der Waals surface area contributed by atoms with E-state index in [1.165, 1.54) is 17.7 Å². The number of carbonyl (C=O) groups is 1. The second-order valence-electron chi connectivity index (χ2n) is 11.1. The lowest BCUT2D eigenvalue weighted by atomic mass is 9.82. The van der Waals surface area contributed by atoms with Crippen LogP contribution < -0.4 is 20.9 Å². The number of anilines is 1. The Balaban J connectivity index is 1.36. The van der Waals surface area contributed by atoms with E-state index in [1.807, 2.05) is 30.3 Å². The van der Waals surface area contributed by atoms with Crippen LogP contribution in [-0.4, -0.2) is 57.8 Å². The minimum atomic E-state index is -1.03. The van der Waals surface area contributed by atoms with E-state index >= 15 is 0 Å². The Bertz CT molecular complexity index is 1590. The summed E-state index contributed by atoms with van der Waals surface area (Å²) in [5.41, 5.74) is 3.24. The number of ether oxygens (including phenoxy) is 1. The second kappa shape index (κ2) is 10.8. The van der Waals surface area contributed by atoms with Crippen LogP contribution in [-0.2, 0) is 30.9 Å². The van der Waals surface area contributed by atoms with Crippen molar-refractivity contribution in [2.45, 2.75) is 32.3 Å². The summed E-state index contributed by atoms with van der Waals surface area (Å²) < 4.78 is 8.82. The number of hydrogen-bond acceptors (Lipinski definition) is 6. The van der Waals surface area contributed by atoms with Gasteiger partial charge in [-0.25, -0.2) is 4.79 Å². The van der Waals surface area contributed by atoms with Crippen LogP contribution in [0.15, 0.2) is 64.2 Å². The van der Waals surface area contributed by atoms with Crippen molar-refractivity contribution in [1.82, 2.24) is 14.0 Å². The molecule has 1 N–H and O–H groups in total. The van der Waals surface area contributed by atoms with Crippen LogP contribution in [0.1, 0.15) is 42.5 Å². The lowest BCUT2D eigenvalue weighted by molar-refractivity contribution is -0.142. The number of aliphatic carboxylic acids is 1. The summed E-state index contributed by atoms with van der Waals surface area (Å²) >= 11 is 0. The highest BCUT2D eigenvalue weighted by Gasteiger charge is 2.31. The Morgan fingerprint density at radius 2 is 1.70 bits per heavy atom. The molecule has 0 aliphatic carbocycles. The number of fused-ring (bicyclic) bond motifs is 2. The van der Waals surface area contributed by atoms with E-state index in [4.69, 9.17) is 4.74 Å². The average molecular weight is 545 g/mol. The summed E-state index contributed by atoms with van der Waals surface area (Å²) in [6.45, 7) is 7.84. The van der Waals surface area contributed by atoms with Gasteiger partial charge in [-0.15, -0.1) is 0 Å². The molecule has 0 unspecified atom stereocenters. The van der Waals surface area contributed by atoms with Gasteiger partial charge >= 0.3 is 11.7 Å². The highest BCUT2D eigenvalue weighted by atomic mass is 16.5. The maximum absolute atomic E-state index is 12.4. The summed E-state index contributed by atoms with van der Waals surface area (Å²) in [5, 5.41) is 9.82. The summed E-state index contributed by atoms with van der Waals surface area (Å²) in [4.78, 5) is 41.0. The maximum Gasteiger partial charge on any atom is 0.332 e. The lowest BCUT2D eigenvalue weighted by Crippen LogP contribution is -2.49. The third-order valence-corrected chi connectivity index (χ3v) is 8.21. The molecule has 0 saturated carbocycles. The molecule has 40 heavy (non-hydrogen) atoms. The fourth-order valence-electron chi connectivity index (χ4n) is 5.42. The van der Waals surface area contributed by atoms with Gasteiger partial charge in [0.2, 0.25) is 0 Å². The molecule has 0 atom stereocenters. The Morgan fingerprint density at radius 1 is 0.975 bits per heavy atom. The van der Waals surface area contributed by atoms with Crippen molar-refractivity contribution < 1.29 is 14.6 Å². The van der Waals surface area contributed by atoms with Crippen molar-refractivity contribution in [2.24, 2.45) is 14.1 Å². The van der Waals surface area contributed by atoms with Gasteiger partial charge in [-0.2, -0.15) is 0 Å². The van der Waals surface area contributed by atoms with Gasteiger partial charge in [-0.3, -0.25) is 23.6 Å². The zero-order valence-corrected chi connectivity index (χ0v) is 23.5. The summed E-state index contributed by atoms with van der Waals surface area (Å²) in [7, 11) is 3.19. The second-order valence-corrected chi connectivity index (χ2v) is 11.1. The summed E-state index contributed by atoms with van der Waals surface area (Å²) in [5.74, 6) is 0.533. The van der Waals surface area contributed by atoms with E-state index in [0.29, 0.717) is 12.4 Å². The number of rotatable bonds is 6. The van der Waals surface area contributed by atoms with Crippen LogP contribution in [0.3, 0.4) is 0 Å². The number of piperazine rings is 1. The van der Waals surface area contributed by atoms with Crippen LogP contribution in [0, 0.1) is 0 Å². The molecule has 0 radical (unpaired) electrons. The Labute approximate surface area is 233 Å². The van der Waals surface area contributed by atoms with E-state index < -0.39 is 11.4 Å². The van der Waals surface area contributed by atoms with Crippen molar-refractivity contribution >= 4 is 17.4 Å². The van der Waals surface area contributed by atoms with Crippen LogP contribution in [0.5, 0.6) is 5.75 Å². The topological polar surface area (TPSA) is 97.0 Å². The minimum Gasteiger partial charge on any atom is -0.488 e. The standard InChI is InChI=1S/C31H36N4O5/c1-31(2,29(37)38)22-11-12-26-25(18-22)24(23-9-6-5-8-21(23)20-40-26)10-7-13-34-14-16-35(17-15-34)27-19-28(36)33(4)30(39)32(27)3/h5-6,8-12,18-19H,7,13-17,20H2,1-4H3,(H,37,38)/b24-10-. The van der Waals surface area contributed by atoms with Crippen molar-refractivity contribution in [3.63, 3.8) is 0 Å². The predicted octanol–water partition coefficient (Wildman–Crippen LogP) is 2.98. The quantitative estimate of drug-likeness (QED) is 0.510. The number of benzene rings is 2. The molecule has 9 heteroatoms. The molecule has 0 bridgehead atoms. The molecule has 5 rings (SSSR count). The lowest BCUT2D eigenvalue weighted by Gasteiger charge is -2.36. The number of hydrogen-bond donors (Lipinski definition) is 1. The highest BCUT2D eigenvalue weighted by molar-refractivity contribution is 5.87. The van der Waals surface area contributed by atoms with Gasteiger partial charge < -0.3 is 14.7 Å². The molecule has 1 fully saturated rings.